The van der Waals surface area contributed by atoms with Crippen molar-refractivity contribution >= 4 is 5.91 Å². The van der Waals surface area contributed by atoms with Crippen molar-refractivity contribution in [2.45, 2.75) is 45.8 Å². The normalized spacial score (nSPS) is 13.1. The maximum atomic E-state index is 12.1. The maximum absolute atomic E-state index is 12.1. The summed E-state index contributed by atoms with van der Waals surface area (Å²) in [6.07, 6.45) is -4.71. The molecule has 1 rings (SSSR count). The molecular formula is C14H19F3N2O2. The van der Waals surface area contributed by atoms with E-state index < -0.39 is 12.4 Å². The highest BCUT2D eigenvalue weighted by Gasteiger charge is 2.31. The predicted molar refractivity (Wildman–Crippen MR) is 72.7 cm³/mol. The fourth-order valence-corrected chi connectivity index (χ4v) is 1.63. The van der Waals surface area contributed by atoms with Crippen LogP contribution in [0.5, 0.6) is 5.75 Å². The highest BCUT2D eigenvalue weighted by atomic mass is 19.4. The van der Waals surface area contributed by atoms with Gasteiger partial charge in [-0.15, -0.1) is 13.2 Å². The van der Waals surface area contributed by atoms with Crippen molar-refractivity contribution in [2.24, 2.45) is 0 Å². The molecule has 1 aromatic rings. The topological polar surface area (TPSA) is 50.4 Å². The molecule has 1 amide bonds. The van der Waals surface area contributed by atoms with Crippen LogP contribution in [0.2, 0.25) is 0 Å². The van der Waals surface area contributed by atoms with E-state index in [4.69, 9.17) is 0 Å². The number of benzene rings is 1. The van der Waals surface area contributed by atoms with Crippen molar-refractivity contribution < 1.29 is 22.7 Å². The molecule has 2 N–H and O–H groups in total. The van der Waals surface area contributed by atoms with Crippen LogP contribution in [0.3, 0.4) is 0 Å². The Labute approximate surface area is 121 Å². The molecule has 1 aromatic carbocycles. The lowest BCUT2D eigenvalue weighted by Crippen LogP contribution is -2.44. The lowest BCUT2D eigenvalue weighted by molar-refractivity contribution is -0.274. The number of alkyl halides is 3. The molecule has 0 aromatic heterocycles. The summed E-state index contributed by atoms with van der Waals surface area (Å²) >= 11 is 0. The molecule has 0 heterocycles. The van der Waals surface area contributed by atoms with E-state index in [1.807, 2.05) is 13.8 Å². The zero-order valence-corrected chi connectivity index (χ0v) is 12.1. The summed E-state index contributed by atoms with van der Waals surface area (Å²) in [6, 6.07) is 5.23. The molecule has 0 aliphatic rings. The van der Waals surface area contributed by atoms with Crippen molar-refractivity contribution in [2.75, 3.05) is 0 Å². The van der Waals surface area contributed by atoms with Crippen LogP contribution in [-0.4, -0.2) is 24.4 Å². The predicted octanol–water partition coefficient (Wildman–Crippen LogP) is 2.59. The summed E-state index contributed by atoms with van der Waals surface area (Å²) < 4.78 is 40.2. The van der Waals surface area contributed by atoms with E-state index in [2.05, 4.69) is 15.4 Å². The monoisotopic (exact) mass is 304 g/mol. The first-order valence-electron chi connectivity index (χ1n) is 6.56. The van der Waals surface area contributed by atoms with Crippen LogP contribution in [0, 0.1) is 0 Å². The number of halogens is 3. The molecule has 21 heavy (non-hydrogen) atoms. The first-order chi connectivity index (χ1) is 9.67. The van der Waals surface area contributed by atoms with E-state index in [9.17, 15) is 18.0 Å². The minimum Gasteiger partial charge on any atom is -0.406 e. The Balaban J connectivity index is 2.56. The molecule has 4 nitrogen and oxygen atoms in total. The number of hydrogen-bond acceptors (Lipinski definition) is 3. The Kier molecular flexibility index (Phi) is 6.02. The van der Waals surface area contributed by atoms with Gasteiger partial charge in [0.1, 0.15) is 5.75 Å². The van der Waals surface area contributed by atoms with E-state index in [-0.39, 0.29) is 24.2 Å². The third kappa shape index (κ3) is 6.99. The van der Waals surface area contributed by atoms with Crippen LogP contribution in [-0.2, 0) is 11.3 Å². The Morgan fingerprint density at radius 2 is 1.95 bits per heavy atom. The molecule has 1 atom stereocenters. The van der Waals surface area contributed by atoms with Gasteiger partial charge >= 0.3 is 6.36 Å². The quantitative estimate of drug-likeness (QED) is 0.849. The molecule has 0 aliphatic carbocycles. The average molecular weight is 304 g/mol. The average Bonchev–Trinajstić information content (AvgIpc) is 2.33. The smallest absolute Gasteiger partial charge is 0.406 e. The van der Waals surface area contributed by atoms with Crippen molar-refractivity contribution in [3.8, 4) is 5.75 Å². The second-order valence-corrected chi connectivity index (χ2v) is 4.96. The fraction of sp³-hybridized carbons (Fsp3) is 0.500. The number of nitrogens with one attached hydrogen (secondary N) is 2. The van der Waals surface area contributed by atoms with Crippen LogP contribution in [0.1, 0.15) is 26.3 Å². The highest BCUT2D eigenvalue weighted by molar-refractivity contribution is 5.81. The van der Waals surface area contributed by atoms with Gasteiger partial charge in [-0.1, -0.05) is 12.1 Å². The SMILES string of the molecule is CC(C)NC(=O)C(C)NCc1cccc(OC(F)(F)F)c1. The van der Waals surface area contributed by atoms with Crippen molar-refractivity contribution in [3.05, 3.63) is 29.8 Å². The van der Waals surface area contributed by atoms with Crippen LogP contribution in [0.25, 0.3) is 0 Å². The summed E-state index contributed by atoms with van der Waals surface area (Å²) in [5.74, 6) is -0.436. The van der Waals surface area contributed by atoms with E-state index in [1.54, 1.807) is 13.0 Å². The van der Waals surface area contributed by atoms with Crippen molar-refractivity contribution in [1.29, 1.82) is 0 Å². The number of carbonyl (C=O) groups excluding carboxylic acids is 1. The molecule has 0 aliphatic heterocycles. The summed E-state index contributed by atoms with van der Waals surface area (Å²) in [7, 11) is 0. The van der Waals surface area contributed by atoms with Gasteiger partial charge in [-0.3, -0.25) is 4.79 Å². The summed E-state index contributed by atoms with van der Waals surface area (Å²) in [5.41, 5.74) is 0.598. The maximum Gasteiger partial charge on any atom is 0.573 e. The molecule has 0 saturated heterocycles. The van der Waals surface area contributed by atoms with Gasteiger partial charge in [0.2, 0.25) is 5.91 Å². The molecule has 0 radical (unpaired) electrons. The molecule has 7 heteroatoms. The molecule has 1 unspecified atom stereocenters. The Bertz CT molecular complexity index is 476. The van der Waals surface area contributed by atoms with E-state index in [0.717, 1.165) is 0 Å². The Morgan fingerprint density at radius 3 is 2.52 bits per heavy atom. The molecule has 118 valence electrons. The molecule has 0 saturated carbocycles. The third-order valence-corrected chi connectivity index (χ3v) is 2.57. The lowest BCUT2D eigenvalue weighted by atomic mass is 10.2. The van der Waals surface area contributed by atoms with Gasteiger partial charge in [0.05, 0.1) is 6.04 Å². The zero-order valence-electron chi connectivity index (χ0n) is 12.1. The van der Waals surface area contributed by atoms with Gasteiger partial charge in [-0.2, -0.15) is 0 Å². The number of hydrogen-bond donors (Lipinski definition) is 2. The Hall–Kier alpha value is -1.76. The Morgan fingerprint density at radius 1 is 1.29 bits per heavy atom. The summed E-state index contributed by atoms with van der Waals surface area (Å²) in [4.78, 5) is 11.7. The summed E-state index contributed by atoms with van der Waals surface area (Å²) in [5, 5.41) is 5.69. The highest BCUT2D eigenvalue weighted by Crippen LogP contribution is 2.23. The number of ether oxygens (including phenoxy) is 1. The molecule has 0 spiro atoms. The minimum absolute atomic E-state index is 0.0327. The largest absolute Gasteiger partial charge is 0.573 e. The van der Waals surface area contributed by atoms with Crippen LogP contribution >= 0.6 is 0 Å². The molecule has 0 bridgehead atoms. The zero-order chi connectivity index (χ0) is 16.0. The van der Waals surface area contributed by atoms with E-state index in [1.165, 1.54) is 18.2 Å². The second-order valence-electron chi connectivity index (χ2n) is 4.96. The van der Waals surface area contributed by atoms with Gasteiger partial charge in [0.25, 0.3) is 0 Å². The molecular weight excluding hydrogens is 285 g/mol. The first-order valence-corrected chi connectivity index (χ1v) is 6.56. The lowest BCUT2D eigenvalue weighted by Gasteiger charge is -2.16. The fourth-order valence-electron chi connectivity index (χ4n) is 1.63. The number of rotatable bonds is 6. The van der Waals surface area contributed by atoms with Gasteiger partial charge in [0, 0.05) is 12.6 Å². The summed E-state index contributed by atoms with van der Waals surface area (Å²) in [6.45, 7) is 5.65. The van der Waals surface area contributed by atoms with E-state index >= 15 is 0 Å². The van der Waals surface area contributed by atoms with Crippen molar-refractivity contribution in [1.82, 2.24) is 10.6 Å². The van der Waals surface area contributed by atoms with Crippen LogP contribution in [0.15, 0.2) is 24.3 Å². The van der Waals surface area contributed by atoms with E-state index in [0.29, 0.717) is 5.56 Å². The molecule has 0 fully saturated rings. The van der Waals surface area contributed by atoms with Gasteiger partial charge in [-0.25, -0.2) is 0 Å². The second kappa shape index (κ2) is 7.31. The number of amides is 1. The van der Waals surface area contributed by atoms with Crippen LogP contribution in [0.4, 0.5) is 13.2 Å². The van der Waals surface area contributed by atoms with Gasteiger partial charge in [-0.05, 0) is 38.5 Å². The number of carbonyl (C=O) groups is 1. The van der Waals surface area contributed by atoms with Gasteiger partial charge in [0.15, 0.2) is 0 Å². The van der Waals surface area contributed by atoms with Crippen LogP contribution < -0.4 is 15.4 Å². The third-order valence-electron chi connectivity index (χ3n) is 2.57. The van der Waals surface area contributed by atoms with Crippen molar-refractivity contribution in [3.63, 3.8) is 0 Å². The standard InChI is InChI=1S/C14H19F3N2O2/c1-9(2)19-13(20)10(3)18-8-11-5-4-6-12(7-11)21-14(15,16)17/h4-7,9-10,18H,8H2,1-3H3,(H,19,20). The van der Waals surface area contributed by atoms with Gasteiger partial charge < -0.3 is 15.4 Å². The minimum atomic E-state index is -4.71. The first kappa shape index (κ1) is 17.3.